The summed E-state index contributed by atoms with van der Waals surface area (Å²) < 4.78 is 5.59. The summed E-state index contributed by atoms with van der Waals surface area (Å²) in [5.74, 6) is 0.840. The highest BCUT2D eigenvalue weighted by molar-refractivity contribution is 5.59. The second-order valence-electron chi connectivity index (χ2n) is 4.72. The van der Waals surface area contributed by atoms with Crippen LogP contribution in [-0.2, 0) is 0 Å². The van der Waals surface area contributed by atoms with Gasteiger partial charge in [0.25, 0.3) is 0 Å². The van der Waals surface area contributed by atoms with E-state index in [2.05, 4.69) is 31.2 Å². The fraction of sp³-hybridized carbons (Fsp3) is 0.571. The Hall–Kier alpha value is -1.42. The molecule has 0 aliphatic carbocycles. The normalized spacial score (nSPS) is 10.7. The van der Waals surface area contributed by atoms with Gasteiger partial charge in [0.2, 0.25) is 0 Å². The van der Waals surface area contributed by atoms with Crippen molar-refractivity contribution in [2.24, 2.45) is 0 Å². The lowest BCUT2D eigenvalue weighted by molar-refractivity contribution is 0.318. The molecule has 0 saturated carbocycles. The van der Waals surface area contributed by atoms with Gasteiger partial charge in [-0.05, 0) is 39.5 Å². The Morgan fingerprint density at radius 1 is 1.28 bits per heavy atom. The highest BCUT2D eigenvalue weighted by Gasteiger charge is 2.00. The smallest absolute Gasteiger partial charge is 0.123 e. The topological polar surface area (TPSA) is 50.5 Å². The van der Waals surface area contributed by atoms with Gasteiger partial charge in [-0.2, -0.15) is 0 Å². The lowest BCUT2D eigenvalue weighted by Gasteiger charge is -2.12. The minimum absolute atomic E-state index is 0.726. The van der Waals surface area contributed by atoms with E-state index in [9.17, 15) is 0 Å². The molecule has 0 amide bonds. The van der Waals surface area contributed by atoms with Crippen LogP contribution in [0.15, 0.2) is 18.2 Å². The van der Waals surface area contributed by atoms with E-state index in [0.29, 0.717) is 0 Å². The van der Waals surface area contributed by atoms with Crippen LogP contribution in [-0.4, -0.2) is 38.7 Å². The van der Waals surface area contributed by atoms with Crippen LogP contribution in [0.1, 0.15) is 19.8 Å². The molecule has 0 radical (unpaired) electrons. The van der Waals surface area contributed by atoms with Gasteiger partial charge < -0.3 is 20.7 Å². The zero-order valence-corrected chi connectivity index (χ0v) is 11.7. The number of nitrogens with two attached hydrogens (primary N) is 1. The highest BCUT2D eigenvalue weighted by atomic mass is 16.5. The SMILES string of the molecule is CCCOc1cc(N)cc(NCCCN(C)C)c1. The summed E-state index contributed by atoms with van der Waals surface area (Å²) in [5.41, 5.74) is 7.62. The summed E-state index contributed by atoms with van der Waals surface area (Å²) in [6.07, 6.45) is 2.10. The van der Waals surface area contributed by atoms with Crippen molar-refractivity contribution in [3.8, 4) is 5.75 Å². The monoisotopic (exact) mass is 251 g/mol. The van der Waals surface area contributed by atoms with Crippen molar-refractivity contribution in [2.45, 2.75) is 19.8 Å². The summed E-state index contributed by atoms with van der Waals surface area (Å²) in [6, 6.07) is 5.80. The summed E-state index contributed by atoms with van der Waals surface area (Å²) in [7, 11) is 4.16. The van der Waals surface area contributed by atoms with Gasteiger partial charge in [0.05, 0.1) is 6.61 Å². The largest absolute Gasteiger partial charge is 0.493 e. The first-order valence-corrected chi connectivity index (χ1v) is 6.53. The lowest BCUT2D eigenvalue weighted by atomic mass is 10.2. The fourth-order valence-corrected chi connectivity index (χ4v) is 1.66. The van der Waals surface area contributed by atoms with Gasteiger partial charge in [0, 0.05) is 30.1 Å². The molecular weight excluding hydrogens is 226 g/mol. The van der Waals surface area contributed by atoms with E-state index in [-0.39, 0.29) is 0 Å². The molecule has 0 saturated heterocycles. The highest BCUT2D eigenvalue weighted by Crippen LogP contribution is 2.22. The van der Waals surface area contributed by atoms with E-state index in [1.165, 1.54) is 0 Å². The third-order valence-electron chi connectivity index (χ3n) is 2.51. The van der Waals surface area contributed by atoms with Crippen LogP contribution < -0.4 is 15.8 Å². The van der Waals surface area contributed by atoms with Crippen LogP contribution in [0.5, 0.6) is 5.75 Å². The molecule has 0 atom stereocenters. The van der Waals surface area contributed by atoms with E-state index in [4.69, 9.17) is 10.5 Å². The predicted molar refractivity (Wildman–Crippen MR) is 78.3 cm³/mol. The molecule has 0 aliphatic heterocycles. The molecule has 3 N–H and O–H groups in total. The molecule has 0 aromatic heterocycles. The lowest BCUT2D eigenvalue weighted by Crippen LogP contribution is -2.16. The molecule has 1 rings (SSSR count). The third kappa shape index (κ3) is 5.77. The van der Waals surface area contributed by atoms with Crippen LogP contribution in [0.3, 0.4) is 0 Å². The van der Waals surface area contributed by atoms with Gasteiger partial charge in [0.15, 0.2) is 0 Å². The number of hydrogen-bond acceptors (Lipinski definition) is 4. The first-order valence-electron chi connectivity index (χ1n) is 6.53. The van der Waals surface area contributed by atoms with Crippen LogP contribution in [0.25, 0.3) is 0 Å². The Morgan fingerprint density at radius 2 is 2.06 bits per heavy atom. The summed E-state index contributed by atoms with van der Waals surface area (Å²) in [6.45, 7) is 4.83. The second-order valence-corrected chi connectivity index (χ2v) is 4.72. The van der Waals surface area contributed by atoms with E-state index in [1.54, 1.807) is 0 Å². The summed E-state index contributed by atoms with van der Waals surface area (Å²) >= 11 is 0. The number of benzene rings is 1. The number of nitrogens with zero attached hydrogens (tertiary/aromatic N) is 1. The molecular formula is C14H25N3O. The van der Waals surface area contributed by atoms with Gasteiger partial charge in [-0.15, -0.1) is 0 Å². The van der Waals surface area contributed by atoms with Crippen LogP contribution >= 0.6 is 0 Å². The van der Waals surface area contributed by atoms with E-state index in [0.717, 1.165) is 49.7 Å². The standard InChI is InChI=1S/C14H25N3O/c1-4-8-18-14-10-12(15)9-13(11-14)16-6-5-7-17(2)3/h9-11,16H,4-8,15H2,1-3H3. The van der Waals surface area contributed by atoms with Crippen molar-refractivity contribution in [1.29, 1.82) is 0 Å². The van der Waals surface area contributed by atoms with E-state index in [1.807, 2.05) is 18.2 Å². The summed E-state index contributed by atoms with van der Waals surface area (Å²) in [5, 5.41) is 3.37. The minimum Gasteiger partial charge on any atom is -0.493 e. The number of ether oxygens (including phenoxy) is 1. The molecule has 0 aliphatic rings. The maximum Gasteiger partial charge on any atom is 0.123 e. The number of nitrogens with one attached hydrogen (secondary N) is 1. The van der Waals surface area contributed by atoms with Crippen molar-refractivity contribution in [1.82, 2.24) is 4.90 Å². The Balaban J connectivity index is 2.46. The first kappa shape index (κ1) is 14.6. The van der Waals surface area contributed by atoms with Crippen molar-refractivity contribution in [3.63, 3.8) is 0 Å². The summed E-state index contributed by atoms with van der Waals surface area (Å²) in [4.78, 5) is 2.18. The zero-order valence-electron chi connectivity index (χ0n) is 11.7. The Labute approximate surface area is 110 Å². The van der Waals surface area contributed by atoms with Crippen molar-refractivity contribution in [3.05, 3.63) is 18.2 Å². The average Bonchev–Trinajstić information content (AvgIpc) is 2.31. The van der Waals surface area contributed by atoms with Crippen molar-refractivity contribution < 1.29 is 4.74 Å². The molecule has 102 valence electrons. The van der Waals surface area contributed by atoms with Gasteiger partial charge in [-0.1, -0.05) is 6.92 Å². The van der Waals surface area contributed by atoms with Crippen LogP contribution in [0, 0.1) is 0 Å². The van der Waals surface area contributed by atoms with Crippen LogP contribution in [0.4, 0.5) is 11.4 Å². The van der Waals surface area contributed by atoms with E-state index >= 15 is 0 Å². The Bertz CT molecular complexity index is 353. The molecule has 0 heterocycles. The average molecular weight is 251 g/mol. The molecule has 4 heteroatoms. The molecule has 1 aromatic rings. The molecule has 1 aromatic carbocycles. The Morgan fingerprint density at radius 3 is 2.72 bits per heavy atom. The van der Waals surface area contributed by atoms with Gasteiger partial charge in [-0.25, -0.2) is 0 Å². The third-order valence-corrected chi connectivity index (χ3v) is 2.51. The number of nitrogen functional groups attached to an aromatic ring is 1. The zero-order chi connectivity index (χ0) is 13.4. The second kappa shape index (κ2) is 7.82. The van der Waals surface area contributed by atoms with Gasteiger partial charge >= 0.3 is 0 Å². The maximum atomic E-state index is 5.86. The van der Waals surface area contributed by atoms with Gasteiger partial charge in [0.1, 0.15) is 5.75 Å². The minimum atomic E-state index is 0.726. The number of rotatable bonds is 8. The predicted octanol–water partition coefficient (Wildman–Crippen LogP) is 2.42. The van der Waals surface area contributed by atoms with Gasteiger partial charge in [-0.3, -0.25) is 0 Å². The molecule has 0 unspecified atom stereocenters. The fourth-order valence-electron chi connectivity index (χ4n) is 1.66. The number of anilines is 2. The molecule has 18 heavy (non-hydrogen) atoms. The molecule has 0 bridgehead atoms. The number of hydrogen-bond donors (Lipinski definition) is 2. The van der Waals surface area contributed by atoms with E-state index < -0.39 is 0 Å². The molecule has 0 fully saturated rings. The Kier molecular flexibility index (Phi) is 6.36. The quantitative estimate of drug-likeness (QED) is 0.550. The molecule has 0 spiro atoms. The maximum absolute atomic E-state index is 5.86. The molecule has 4 nitrogen and oxygen atoms in total. The van der Waals surface area contributed by atoms with Crippen molar-refractivity contribution >= 4 is 11.4 Å². The van der Waals surface area contributed by atoms with Crippen LogP contribution in [0.2, 0.25) is 0 Å². The first-order chi connectivity index (χ1) is 8.61. The van der Waals surface area contributed by atoms with Crippen molar-refractivity contribution in [2.75, 3.05) is 44.8 Å².